The third-order valence-electron chi connectivity index (χ3n) is 2.52. The predicted octanol–water partition coefficient (Wildman–Crippen LogP) is 2.85. The summed E-state index contributed by atoms with van der Waals surface area (Å²) < 4.78 is 25.9. The minimum Gasteiger partial charge on any atom is -0.341 e. The van der Waals surface area contributed by atoms with Crippen LogP contribution >= 0.6 is 0 Å². The van der Waals surface area contributed by atoms with E-state index in [4.69, 9.17) is 0 Å². The Morgan fingerprint density at radius 2 is 2.06 bits per heavy atom. The summed E-state index contributed by atoms with van der Waals surface area (Å²) in [6, 6.07) is 4.10. The molecule has 0 aliphatic heterocycles. The zero-order chi connectivity index (χ0) is 13.1. The third-order valence-corrected chi connectivity index (χ3v) is 2.52. The first-order chi connectivity index (χ1) is 8.56. The average molecular weight is 251 g/mol. The lowest BCUT2D eigenvalue weighted by Crippen LogP contribution is -2.21. The number of H-pyrrole nitrogens is 1. The van der Waals surface area contributed by atoms with Gasteiger partial charge >= 0.3 is 0 Å². The van der Waals surface area contributed by atoms with Crippen LogP contribution in [0.25, 0.3) is 11.4 Å². The number of rotatable bonds is 4. The van der Waals surface area contributed by atoms with Crippen LogP contribution in [0.15, 0.2) is 24.4 Å². The fourth-order valence-corrected chi connectivity index (χ4v) is 1.55. The van der Waals surface area contributed by atoms with Crippen LogP contribution in [0.1, 0.15) is 19.5 Å². The van der Waals surface area contributed by atoms with Crippen molar-refractivity contribution in [3.63, 3.8) is 0 Å². The van der Waals surface area contributed by atoms with Crippen molar-refractivity contribution in [2.45, 2.75) is 26.4 Å². The second-order valence-corrected chi connectivity index (χ2v) is 4.42. The molecule has 0 atom stereocenters. The Kier molecular flexibility index (Phi) is 3.72. The topological polar surface area (TPSA) is 40.7 Å². The summed E-state index contributed by atoms with van der Waals surface area (Å²) in [7, 11) is 0. The van der Waals surface area contributed by atoms with Crippen LogP contribution in [0.3, 0.4) is 0 Å². The number of aromatic nitrogens is 2. The van der Waals surface area contributed by atoms with Crippen molar-refractivity contribution in [1.29, 1.82) is 0 Å². The molecule has 0 aliphatic rings. The number of aromatic amines is 1. The van der Waals surface area contributed by atoms with E-state index < -0.39 is 11.6 Å². The molecule has 0 saturated carbocycles. The molecule has 2 rings (SSSR count). The number of halogens is 2. The number of nitrogens with one attached hydrogen (secondary N) is 2. The molecule has 1 aromatic carbocycles. The van der Waals surface area contributed by atoms with Crippen LogP contribution in [0, 0.1) is 11.6 Å². The molecule has 0 saturated heterocycles. The van der Waals surface area contributed by atoms with Gasteiger partial charge in [-0.15, -0.1) is 0 Å². The molecule has 18 heavy (non-hydrogen) atoms. The van der Waals surface area contributed by atoms with E-state index in [9.17, 15) is 8.78 Å². The number of imidazole rings is 1. The molecule has 0 radical (unpaired) electrons. The normalized spacial score (nSPS) is 11.2. The summed E-state index contributed by atoms with van der Waals surface area (Å²) in [5, 5.41) is 3.24. The first kappa shape index (κ1) is 12.7. The van der Waals surface area contributed by atoms with Gasteiger partial charge in [-0.05, 0) is 18.2 Å². The molecule has 1 aromatic heterocycles. The largest absolute Gasteiger partial charge is 0.341 e. The fourth-order valence-electron chi connectivity index (χ4n) is 1.55. The minimum absolute atomic E-state index is 0.375. The van der Waals surface area contributed by atoms with Crippen molar-refractivity contribution in [1.82, 2.24) is 15.3 Å². The zero-order valence-electron chi connectivity index (χ0n) is 10.3. The van der Waals surface area contributed by atoms with Crippen molar-refractivity contribution in [3.05, 3.63) is 41.7 Å². The van der Waals surface area contributed by atoms with Gasteiger partial charge in [0.05, 0.1) is 0 Å². The molecular weight excluding hydrogens is 236 g/mol. The lowest BCUT2D eigenvalue weighted by atomic mass is 10.2. The molecule has 0 aliphatic carbocycles. The first-order valence-electron chi connectivity index (χ1n) is 5.79. The Balaban J connectivity index is 2.16. The van der Waals surface area contributed by atoms with Crippen LogP contribution in [0.4, 0.5) is 8.78 Å². The predicted molar refractivity (Wildman–Crippen MR) is 65.9 cm³/mol. The molecule has 1 heterocycles. The highest BCUT2D eigenvalue weighted by atomic mass is 19.2. The molecule has 96 valence electrons. The first-order valence-corrected chi connectivity index (χ1v) is 5.79. The summed E-state index contributed by atoms with van der Waals surface area (Å²) in [4.78, 5) is 7.22. The molecule has 0 spiro atoms. The zero-order valence-corrected chi connectivity index (χ0v) is 10.3. The summed E-state index contributed by atoms with van der Waals surface area (Å²) in [6.45, 7) is 4.76. The van der Waals surface area contributed by atoms with Gasteiger partial charge in [-0.3, -0.25) is 0 Å². The van der Waals surface area contributed by atoms with Gasteiger partial charge in [0.15, 0.2) is 11.6 Å². The number of nitrogens with zero attached hydrogens (tertiary/aromatic N) is 1. The highest BCUT2D eigenvalue weighted by molar-refractivity contribution is 5.55. The minimum atomic E-state index is -0.870. The van der Waals surface area contributed by atoms with E-state index in [1.807, 2.05) is 13.8 Å². The highest BCUT2D eigenvalue weighted by Crippen LogP contribution is 2.18. The Bertz CT molecular complexity index is 535. The summed E-state index contributed by atoms with van der Waals surface area (Å²) >= 11 is 0. The second-order valence-electron chi connectivity index (χ2n) is 4.42. The molecule has 2 N–H and O–H groups in total. The van der Waals surface area contributed by atoms with Crippen LogP contribution in [0.5, 0.6) is 0 Å². The van der Waals surface area contributed by atoms with Gasteiger partial charge in [-0.1, -0.05) is 13.8 Å². The Morgan fingerprint density at radius 3 is 2.72 bits per heavy atom. The molecule has 0 unspecified atom stereocenters. The van der Waals surface area contributed by atoms with Crippen molar-refractivity contribution in [2.24, 2.45) is 0 Å². The van der Waals surface area contributed by atoms with Gasteiger partial charge in [-0.25, -0.2) is 13.8 Å². The van der Waals surface area contributed by atoms with E-state index >= 15 is 0 Å². The molecule has 0 fully saturated rings. The highest BCUT2D eigenvalue weighted by Gasteiger charge is 2.07. The maximum atomic E-state index is 13.1. The van der Waals surface area contributed by atoms with Crippen molar-refractivity contribution >= 4 is 0 Å². The Hall–Kier alpha value is -1.75. The van der Waals surface area contributed by atoms with Gasteiger partial charge in [0.2, 0.25) is 0 Å². The van der Waals surface area contributed by atoms with Crippen molar-refractivity contribution in [2.75, 3.05) is 0 Å². The van der Waals surface area contributed by atoms with E-state index in [2.05, 4.69) is 15.3 Å². The van der Waals surface area contributed by atoms with E-state index in [1.54, 1.807) is 6.20 Å². The molecule has 0 bridgehead atoms. The standard InChI is InChI=1S/C13H15F2N3/c1-8(2)16-6-10-7-17-13(18-10)9-3-4-11(14)12(15)5-9/h3-5,7-8,16H,6H2,1-2H3,(H,17,18). The van der Waals surface area contributed by atoms with Crippen LogP contribution in [-0.4, -0.2) is 16.0 Å². The lowest BCUT2D eigenvalue weighted by molar-refractivity contribution is 0.509. The number of hydrogen-bond acceptors (Lipinski definition) is 2. The second kappa shape index (κ2) is 5.27. The molecule has 2 aromatic rings. The molecule has 5 heteroatoms. The van der Waals surface area contributed by atoms with Gasteiger partial charge in [0.1, 0.15) is 5.82 Å². The summed E-state index contributed by atoms with van der Waals surface area (Å²) in [6.07, 6.45) is 1.69. The van der Waals surface area contributed by atoms with Crippen LogP contribution in [0.2, 0.25) is 0 Å². The van der Waals surface area contributed by atoms with Crippen molar-refractivity contribution < 1.29 is 8.78 Å². The average Bonchev–Trinajstić information content (AvgIpc) is 2.79. The molecule has 0 amide bonds. The summed E-state index contributed by atoms with van der Waals surface area (Å²) in [5.74, 6) is -1.19. The Morgan fingerprint density at radius 1 is 1.28 bits per heavy atom. The summed E-state index contributed by atoms with van der Waals surface area (Å²) in [5.41, 5.74) is 1.44. The smallest absolute Gasteiger partial charge is 0.159 e. The SMILES string of the molecule is CC(C)NCc1cnc(-c2ccc(F)c(F)c2)[nH]1. The van der Waals surface area contributed by atoms with E-state index in [0.29, 0.717) is 24.0 Å². The van der Waals surface area contributed by atoms with Gasteiger partial charge < -0.3 is 10.3 Å². The van der Waals surface area contributed by atoms with E-state index in [0.717, 1.165) is 17.8 Å². The molecular formula is C13H15F2N3. The molecule has 3 nitrogen and oxygen atoms in total. The Labute approximate surface area is 104 Å². The monoisotopic (exact) mass is 251 g/mol. The quantitative estimate of drug-likeness (QED) is 0.877. The number of hydrogen-bond donors (Lipinski definition) is 2. The lowest BCUT2D eigenvalue weighted by Gasteiger charge is -2.05. The van der Waals surface area contributed by atoms with Gasteiger partial charge in [0, 0.05) is 30.0 Å². The maximum absolute atomic E-state index is 13.1. The van der Waals surface area contributed by atoms with E-state index in [-0.39, 0.29) is 0 Å². The fraction of sp³-hybridized carbons (Fsp3) is 0.308. The maximum Gasteiger partial charge on any atom is 0.159 e. The van der Waals surface area contributed by atoms with Crippen LogP contribution < -0.4 is 5.32 Å². The number of benzene rings is 1. The van der Waals surface area contributed by atoms with Crippen LogP contribution in [-0.2, 0) is 6.54 Å². The van der Waals surface area contributed by atoms with Gasteiger partial charge in [-0.2, -0.15) is 0 Å². The van der Waals surface area contributed by atoms with Crippen molar-refractivity contribution in [3.8, 4) is 11.4 Å². The third kappa shape index (κ3) is 2.92. The van der Waals surface area contributed by atoms with E-state index in [1.165, 1.54) is 6.07 Å². The van der Waals surface area contributed by atoms with Gasteiger partial charge in [0.25, 0.3) is 0 Å².